The molecule has 0 saturated carbocycles. The maximum Gasteiger partial charge on any atom is 0.251 e. The summed E-state index contributed by atoms with van der Waals surface area (Å²) in [5, 5.41) is 6.99. The van der Waals surface area contributed by atoms with Gasteiger partial charge in [0.05, 0.1) is 0 Å². The molecule has 0 bridgehead atoms. The van der Waals surface area contributed by atoms with Crippen molar-refractivity contribution in [1.82, 2.24) is 25.1 Å². The molecule has 1 amide bonds. The summed E-state index contributed by atoms with van der Waals surface area (Å²) in [6, 6.07) is 3.38. The number of aromatic nitrogens is 4. The molecular weight excluding hydrogens is 270 g/mol. The number of amides is 1. The molecular formula is C13H19N7O. The van der Waals surface area contributed by atoms with E-state index >= 15 is 0 Å². The lowest BCUT2D eigenvalue weighted by Crippen LogP contribution is -2.26. The Balaban J connectivity index is 1.96. The lowest BCUT2D eigenvalue weighted by molar-refractivity contribution is 0.0954. The van der Waals surface area contributed by atoms with Crippen LogP contribution in [0.2, 0.25) is 0 Å². The van der Waals surface area contributed by atoms with Gasteiger partial charge in [0.2, 0.25) is 0 Å². The Morgan fingerprint density at radius 1 is 1.43 bits per heavy atom. The van der Waals surface area contributed by atoms with E-state index in [2.05, 4.69) is 25.8 Å². The predicted molar refractivity (Wildman–Crippen MR) is 78.5 cm³/mol. The lowest BCUT2D eigenvalue weighted by Gasteiger charge is -2.08. The van der Waals surface area contributed by atoms with Crippen molar-refractivity contribution in [3.05, 3.63) is 35.5 Å². The second-order valence-electron chi connectivity index (χ2n) is 4.57. The highest BCUT2D eigenvalue weighted by atomic mass is 16.1. The fourth-order valence-corrected chi connectivity index (χ4v) is 1.86. The fraction of sp³-hybridized carbons (Fsp3) is 0.385. The number of pyridine rings is 1. The number of nitrogen functional groups attached to an aromatic ring is 1. The Bertz CT molecular complexity index is 600. The van der Waals surface area contributed by atoms with Crippen LogP contribution in [0.25, 0.3) is 0 Å². The van der Waals surface area contributed by atoms with Gasteiger partial charge in [-0.1, -0.05) is 6.92 Å². The summed E-state index contributed by atoms with van der Waals surface area (Å²) in [5.41, 5.74) is 3.81. The first-order valence-corrected chi connectivity index (χ1v) is 6.72. The van der Waals surface area contributed by atoms with E-state index in [9.17, 15) is 4.79 Å². The van der Waals surface area contributed by atoms with Crippen molar-refractivity contribution < 1.29 is 4.79 Å². The molecule has 2 heterocycles. The summed E-state index contributed by atoms with van der Waals surface area (Å²) < 4.78 is 1.63. The van der Waals surface area contributed by atoms with Crippen LogP contribution in [0.15, 0.2) is 18.5 Å². The van der Waals surface area contributed by atoms with Crippen LogP contribution in [0.5, 0.6) is 0 Å². The number of carbonyl (C=O) groups excluding carboxylic acids is 1. The van der Waals surface area contributed by atoms with E-state index in [1.165, 1.54) is 0 Å². The van der Waals surface area contributed by atoms with E-state index in [0.717, 1.165) is 12.1 Å². The topological polar surface area (TPSA) is 111 Å². The van der Waals surface area contributed by atoms with Crippen molar-refractivity contribution in [2.24, 2.45) is 12.9 Å². The summed E-state index contributed by atoms with van der Waals surface area (Å²) in [6.45, 7) is 2.44. The van der Waals surface area contributed by atoms with Gasteiger partial charge in [-0.05, 0) is 18.6 Å². The van der Waals surface area contributed by atoms with Gasteiger partial charge >= 0.3 is 0 Å². The highest BCUT2D eigenvalue weighted by molar-refractivity contribution is 5.95. The summed E-state index contributed by atoms with van der Waals surface area (Å²) in [6.07, 6.45) is 2.95. The molecule has 21 heavy (non-hydrogen) atoms. The minimum absolute atomic E-state index is 0.167. The maximum absolute atomic E-state index is 12.1. The van der Waals surface area contributed by atoms with Crippen LogP contribution in [0, 0.1) is 0 Å². The molecule has 4 N–H and O–H groups in total. The molecule has 0 unspecified atom stereocenters. The van der Waals surface area contributed by atoms with Gasteiger partial charge in [0.25, 0.3) is 5.91 Å². The Hall–Kier alpha value is -2.48. The van der Waals surface area contributed by atoms with Gasteiger partial charge in [0, 0.05) is 31.3 Å². The zero-order valence-electron chi connectivity index (χ0n) is 12.1. The first kappa shape index (κ1) is 14.9. The highest BCUT2D eigenvalue weighted by Crippen LogP contribution is 2.10. The minimum atomic E-state index is -0.167. The number of rotatable bonds is 6. The van der Waals surface area contributed by atoms with Crippen molar-refractivity contribution in [2.45, 2.75) is 19.8 Å². The third-order valence-electron chi connectivity index (χ3n) is 2.93. The van der Waals surface area contributed by atoms with Crippen molar-refractivity contribution in [1.29, 1.82) is 0 Å². The highest BCUT2D eigenvalue weighted by Gasteiger charge is 2.09. The summed E-state index contributed by atoms with van der Waals surface area (Å²) >= 11 is 0. The van der Waals surface area contributed by atoms with Crippen LogP contribution in [-0.4, -0.2) is 32.2 Å². The number of nitrogens with one attached hydrogen (secondary N) is 2. The van der Waals surface area contributed by atoms with Gasteiger partial charge in [-0.15, -0.1) is 0 Å². The smallest absolute Gasteiger partial charge is 0.251 e. The quantitative estimate of drug-likeness (QED) is 0.511. The SMILES string of the molecule is CCc1cc(C(=O)NCCc2ncn(C)n2)cc(NN)n1. The van der Waals surface area contributed by atoms with Crippen molar-refractivity contribution in [3.8, 4) is 0 Å². The number of nitrogens with two attached hydrogens (primary N) is 1. The van der Waals surface area contributed by atoms with E-state index in [1.807, 2.05) is 6.92 Å². The van der Waals surface area contributed by atoms with Crippen LogP contribution in [0.4, 0.5) is 5.82 Å². The Morgan fingerprint density at radius 2 is 2.24 bits per heavy atom. The predicted octanol–water partition coefficient (Wildman–Crippen LogP) is 0.0306. The molecule has 2 aromatic heterocycles. The normalized spacial score (nSPS) is 10.4. The molecule has 2 rings (SSSR count). The maximum atomic E-state index is 12.1. The number of anilines is 1. The van der Waals surface area contributed by atoms with E-state index in [-0.39, 0.29) is 5.91 Å². The van der Waals surface area contributed by atoms with Gasteiger partial charge in [-0.25, -0.2) is 15.8 Å². The molecule has 2 aromatic rings. The number of carbonyl (C=O) groups is 1. The average molecular weight is 289 g/mol. The first-order chi connectivity index (χ1) is 10.1. The lowest BCUT2D eigenvalue weighted by atomic mass is 10.2. The molecule has 0 aromatic carbocycles. The van der Waals surface area contributed by atoms with Gasteiger partial charge in [0.1, 0.15) is 12.1 Å². The van der Waals surface area contributed by atoms with Crippen molar-refractivity contribution in [3.63, 3.8) is 0 Å². The summed E-state index contributed by atoms with van der Waals surface area (Å²) in [7, 11) is 1.81. The van der Waals surface area contributed by atoms with Crippen molar-refractivity contribution >= 4 is 11.7 Å². The number of hydrogen-bond acceptors (Lipinski definition) is 6. The minimum Gasteiger partial charge on any atom is -0.352 e. The Morgan fingerprint density at radius 3 is 2.86 bits per heavy atom. The first-order valence-electron chi connectivity index (χ1n) is 6.72. The van der Waals surface area contributed by atoms with E-state index in [1.54, 1.807) is 30.2 Å². The Kier molecular flexibility index (Phi) is 4.83. The summed E-state index contributed by atoms with van der Waals surface area (Å²) in [5.74, 6) is 6.37. The second-order valence-corrected chi connectivity index (χ2v) is 4.57. The number of hydrogen-bond donors (Lipinski definition) is 3. The standard InChI is InChI=1S/C13H19N7O/c1-3-10-6-9(7-12(17-10)18-14)13(21)15-5-4-11-16-8-20(2)19-11/h6-8H,3-5,14H2,1-2H3,(H,15,21)(H,17,18). The molecule has 0 aliphatic carbocycles. The van der Waals surface area contributed by atoms with E-state index in [4.69, 9.17) is 5.84 Å². The van der Waals surface area contributed by atoms with Crippen LogP contribution in [0.3, 0.4) is 0 Å². The third-order valence-corrected chi connectivity index (χ3v) is 2.93. The largest absolute Gasteiger partial charge is 0.352 e. The van der Waals surface area contributed by atoms with Crippen molar-refractivity contribution in [2.75, 3.05) is 12.0 Å². The summed E-state index contributed by atoms with van der Waals surface area (Å²) in [4.78, 5) is 20.5. The Labute approximate surface area is 122 Å². The zero-order valence-corrected chi connectivity index (χ0v) is 12.1. The van der Waals surface area contributed by atoms with Crippen LogP contribution in [-0.2, 0) is 19.9 Å². The zero-order chi connectivity index (χ0) is 15.2. The van der Waals surface area contributed by atoms with Crippen LogP contribution < -0.4 is 16.6 Å². The van der Waals surface area contributed by atoms with Crippen LogP contribution >= 0.6 is 0 Å². The molecule has 112 valence electrons. The molecule has 0 aliphatic heterocycles. The molecule has 0 aliphatic rings. The van der Waals surface area contributed by atoms with E-state index in [0.29, 0.717) is 30.2 Å². The number of aryl methyl sites for hydroxylation is 2. The van der Waals surface area contributed by atoms with Gasteiger partial charge in [0.15, 0.2) is 5.82 Å². The van der Waals surface area contributed by atoms with Crippen LogP contribution in [0.1, 0.15) is 28.8 Å². The number of hydrazine groups is 1. The van der Waals surface area contributed by atoms with Gasteiger partial charge in [-0.3, -0.25) is 9.48 Å². The molecule has 8 nitrogen and oxygen atoms in total. The monoisotopic (exact) mass is 289 g/mol. The molecule has 0 fully saturated rings. The van der Waals surface area contributed by atoms with Gasteiger partial charge < -0.3 is 10.7 Å². The van der Waals surface area contributed by atoms with E-state index < -0.39 is 0 Å². The molecule has 0 spiro atoms. The van der Waals surface area contributed by atoms with Gasteiger partial charge in [-0.2, -0.15) is 5.10 Å². The molecule has 0 saturated heterocycles. The third kappa shape index (κ3) is 3.99. The average Bonchev–Trinajstić information content (AvgIpc) is 2.92. The second kappa shape index (κ2) is 6.80. The molecule has 8 heteroatoms. The molecule has 0 atom stereocenters. The number of nitrogens with zero attached hydrogens (tertiary/aromatic N) is 4. The fourth-order valence-electron chi connectivity index (χ4n) is 1.86. The molecule has 0 radical (unpaired) electrons.